The van der Waals surface area contributed by atoms with E-state index in [1.807, 2.05) is 48.7 Å². The maximum atomic E-state index is 12.6. The Kier molecular flexibility index (Phi) is 6.51. The van der Waals surface area contributed by atoms with Crippen LogP contribution >= 0.6 is 0 Å². The number of nitrogens with zero attached hydrogens (tertiary/aromatic N) is 1. The number of nitrogens with two attached hydrogens (primary N) is 1. The Bertz CT molecular complexity index is 1110. The van der Waals surface area contributed by atoms with Crippen LogP contribution < -0.4 is 5.73 Å². The smallest absolute Gasteiger partial charge is 0.341 e. The van der Waals surface area contributed by atoms with E-state index in [1.54, 1.807) is 0 Å². The van der Waals surface area contributed by atoms with Crippen LogP contribution in [0.4, 0.5) is 5.69 Å². The normalized spacial score (nSPS) is 14.7. The minimum absolute atomic E-state index is 0.205. The third-order valence-electron chi connectivity index (χ3n) is 5.58. The van der Waals surface area contributed by atoms with Gasteiger partial charge in [-0.3, -0.25) is 0 Å². The fourth-order valence-corrected chi connectivity index (χ4v) is 3.56. The summed E-state index contributed by atoms with van der Waals surface area (Å²) in [4.78, 5) is 20.5. The number of unbranched alkanes of at least 4 members (excludes halogenated alkanes) is 1. The zero-order valence-corrected chi connectivity index (χ0v) is 17.9. The number of esters is 1. The van der Waals surface area contributed by atoms with Gasteiger partial charge in [0.25, 0.3) is 0 Å². The lowest BCUT2D eigenvalue weighted by Crippen LogP contribution is -2.23. The fourth-order valence-electron chi connectivity index (χ4n) is 3.56. The highest BCUT2D eigenvalue weighted by atomic mass is 16.5. The number of allylic oxidation sites excluding steroid dienone is 1. The maximum Gasteiger partial charge on any atom is 0.341 e. The molecule has 5 nitrogen and oxygen atoms in total. The first kappa shape index (κ1) is 20.9. The van der Waals surface area contributed by atoms with Crippen molar-refractivity contribution in [3.05, 3.63) is 66.4 Å². The van der Waals surface area contributed by atoms with Gasteiger partial charge in [-0.1, -0.05) is 55.8 Å². The molecule has 0 bridgehead atoms. The molecule has 160 valence electrons. The number of fused-ring (bicyclic) bond motifs is 1. The molecule has 1 saturated carbocycles. The van der Waals surface area contributed by atoms with Crippen LogP contribution in [0.3, 0.4) is 0 Å². The number of amidine groups is 1. The van der Waals surface area contributed by atoms with E-state index in [0.717, 1.165) is 41.3 Å². The van der Waals surface area contributed by atoms with Crippen LogP contribution in [0.1, 0.15) is 39.0 Å². The van der Waals surface area contributed by atoms with Crippen LogP contribution in [0.15, 0.2) is 71.4 Å². The molecule has 0 atom stereocenters. The summed E-state index contributed by atoms with van der Waals surface area (Å²) in [6.45, 7) is 2.47. The predicted octanol–water partition coefficient (Wildman–Crippen LogP) is 5.89. The van der Waals surface area contributed by atoms with Crippen LogP contribution in [0.2, 0.25) is 0 Å². The lowest BCUT2D eigenvalue weighted by Gasteiger charge is -2.08. The zero-order valence-electron chi connectivity index (χ0n) is 17.9. The minimum atomic E-state index is -0.386. The highest BCUT2D eigenvalue weighted by molar-refractivity contribution is 6.18. The fraction of sp³-hybridized carbons (Fsp3) is 0.308. The summed E-state index contributed by atoms with van der Waals surface area (Å²) >= 11 is 0. The molecule has 5 heteroatoms. The van der Waals surface area contributed by atoms with E-state index >= 15 is 0 Å². The number of ether oxygens (including phenoxy) is 1. The Balaban J connectivity index is 1.58. The van der Waals surface area contributed by atoms with E-state index in [2.05, 4.69) is 29.0 Å². The van der Waals surface area contributed by atoms with E-state index in [4.69, 9.17) is 10.5 Å². The second-order valence-electron chi connectivity index (χ2n) is 8.08. The first-order valence-electron chi connectivity index (χ1n) is 11.0. The van der Waals surface area contributed by atoms with Gasteiger partial charge in [-0.25, -0.2) is 9.79 Å². The third kappa shape index (κ3) is 5.23. The Hall–Kier alpha value is -3.34. The molecule has 0 radical (unpaired) electrons. The third-order valence-corrected chi connectivity index (χ3v) is 5.58. The van der Waals surface area contributed by atoms with Crippen LogP contribution in [-0.4, -0.2) is 23.4 Å². The summed E-state index contributed by atoms with van der Waals surface area (Å²) < 4.78 is 5.40. The molecule has 2 aromatic carbocycles. The number of hydrogen-bond acceptors (Lipinski definition) is 3. The number of aromatic nitrogens is 1. The van der Waals surface area contributed by atoms with E-state index < -0.39 is 0 Å². The second kappa shape index (κ2) is 9.65. The summed E-state index contributed by atoms with van der Waals surface area (Å²) in [6, 6.07) is 16.2. The average Bonchev–Trinajstić information content (AvgIpc) is 3.51. The van der Waals surface area contributed by atoms with Crippen LogP contribution in [0, 0.1) is 5.92 Å². The van der Waals surface area contributed by atoms with Gasteiger partial charge in [-0.2, -0.15) is 0 Å². The lowest BCUT2D eigenvalue weighted by atomic mass is 10.0. The first-order chi connectivity index (χ1) is 15.2. The van der Waals surface area contributed by atoms with Crippen molar-refractivity contribution in [2.45, 2.75) is 39.0 Å². The molecular weight excluding hydrogens is 386 g/mol. The molecule has 0 amide bonds. The van der Waals surface area contributed by atoms with Crippen LogP contribution in [-0.2, 0) is 9.53 Å². The molecule has 1 heterocycles. The Labute approximate surface area is 183 Å². The largest absolute Gasteiger partial charge is 0.462 e. The average molecular weight is 416 g/mol. The topological polar surface area (TPSA) is 80.5 Å². The zero-order chi connectivity index (χ0) is 21.6. The van der Waals surface area contributed by atoms with Crippen molar-refractivity contribution in [3.8, 4) is 11.1 Å². The Morgan fingerprint density at radius 1 is 1.23 bits per heavy atom. The molecule has 31 heavy (non-hydrogen) atoms. The summed E-state index contributed by atoms with van der Waals surface area (Å²) in [6.07, 6.45) is 8.96. The molecule has 3 aromatic rings. The van der Waals surface area contributed by atoms with Gasteiger partial charge >= 0.3 is 5.97 Å². The number of nitrogens with one attached hydrogen (secondary N) is 1. The number of rotatable bonds is 9. The Morgan fingerprint density at radius 3 is 2.77 bits per heavy atom. The van der Waals surface area contributed by atoms with Gasteiger partial charge in [-0.15, -0.1) is 0 Å². The van der Waals surface area contributed by atoms with E-state index in [9.17, 15) is 4.79 Å². The van der Waals surface area contributed by atoms with Crippen LogP contribution in [0.25, 0.3) is 22.0 Å². The highest BCUT2D eigenvalue weighted by Gasteiger charge is 2.22. The van der Waals surface area contributed by atoms with Crippen molar-refractivity contribution in [1.82, 2.24) is 4.98 Å². The number of H-pyrrole nitrogens is 1. The number of benzene rings is 2. The van der Waals surface area contributed by atoms with E-state index in [1.165, 1.54) is 12.8 Å². The minimum Gasteiger partial charge on any atom is -0.462 e. The van der Waals surface area contributed by atoms with Crippen molar-refractivity contribution in [2.24, 2.45) is 16.6 Å². The SMILES string of the molecule is CCCCOC(=O)/C(=C/CC1CC1)C(N)=Nc1ccc2c(-c3ccccc3)c[nH]c2c1. The molecule has 4 rings (SSSR count). The summed E-state index contributed by atoms with van der Waals surface area (Å²) in [7, 11) is 0. The number of aromatic amines is 1. The summed E-state index contributed by atoms with van der Waals surface area (Å²) in [5.41, 5.74) is 10.6. The van der Waals surface area contributed by atoms with Gasteiger partial charge in [0.1, 0.15) is 5.84 Å². The molecule has 1 fully saturated rings. The molecule has 0 aliphatic heterocycles. The quantitative estimate of drug-likeness (QED) is 0.150. The van der Waals surface area contributed by atoms with E-state index in [-0.39, 0.29) is 11.8 Å². The lowest BCUT2D eigenvalue weighted by molar-refractivity contribution is -0.138. The molecule has 1 aromatic heterocycles. The summed E-state index contributed by atoms with van der Waals surface area (Å²) in [5.74, 6) is 0.469. The number of carbonyl (C=O) groups is 1. The maximum absolute atomic E-state index is 12.6. The van der Waals surface area contributed by atoms with Crippen molar-refractivity contribution >= 4 is 28.4 Å². The second-order valence-corrected chi connectivity index (χ2v) is 8.08. The molecule has 0 saturated heterocycles. The van der Waals surface area contributed by atoms with Crippen molar-refractivity contribution in [3.63, 3.8) is 0 Å². The van der Waals surface area contributed by atoms with E-state index in [0.29, 0.717) is 23.8 Å². The Morgan fingerprint density at radius 2 is 2.03 bits per heavy atom. The number of aliphatic imine (C=N–C) groups is 1. The van der Waals surface area contributed by atoms with Gasteiger partial charge < -0.3 is 15.5 Å². The molecule has 0 unspecified atom stereocenters. The monoisotopic (exact) mass is 415 g/mol. The van der Waals surface area contributed by atoms with Gasteiger partial charge in [-0.05, 0) is 49.3 Å². The van der Waals surface area contributed by atoms with Gasteiger partial charge in [0, 0.05) is 22.7 Å². The standard InChI is InChI=1S/C26H29N3O2/c1-2-3-15-31-26(30)22(13-11-18-9-10-18)25(27)29-20-12-14-21-23(17-28-24(21)16-20)19-7-5-4-6-8-19/h4-8,12-14,16-18,28H,2-3,9-11,15H2,1H3,(H2,27,29)/b22-13+. The van der Waals surface area contributed by atoms with Gasteiger partial charge in [0.2, 0.25) is 0 Å². The molecule has 1 aliphatic carbocycles. The van der Waals surface area contributed by atoms with Gasteiger partial charge in [0.15, 0.2) is 0 Å². The van der Waals surface area contributed by atoms with Gasteiger partial charge in [0.05, 0.1) is 17.9 Å². The van der Waals surface area contributed by atoms with Crippen LogP contribution in [0.5, 0.6) is 0 Å². The molecule has 1 aliphatic rings. The predicted molar refractivity (Wildman–Crippen MR) is 126 cm³/mol. The van der Waals surface area contributed by atoms with Crippen molar-refractivity contribution < 1.29 is 9.53 Å². The van der Waals surface area contributed by atoms with Crippen molar-refractivity contribution in [2.75, 3.05) is 6.61 Å². The van der Waals surface area contributed by atoms with Crippen molar-refractivity contribution in [1.29, 1.82) is 0 Å². The number of carbonyl (C=O) groups excluding carboxylic acids is 1. The molecule has 3 N–H and O–H groups in total. The number of hydrogen-bond donors (Lipinski definition) is 2. The molecular formula is C26H29N3O2. The highest BCUT2D eigenvalue weighted by Crippen LogP contribution is 2.33. The molecule has 0 spiro atoms. The first-order valence-corrected chi connectivity index (χ1v) is 11.0. The summed E-state index contributed by atoms with van der Waals surface area (Å²) in [5, 5.41) is 1.12.